The lowest BCUT2D eigenvalue weighted by atomic mass is 10.2. The van der Waals surface area contributed by atoms with E-state index in [9.17, 15) is 9.59 Å². The number of ether oxygens (including phenoxy) is 3. The minimum absolute atomic E-state index is 0.186. The van der Waals surface area contributed by atoms with Gasteiger partial charge in [0.05, 0.1) is 42.9 Å². The predicted octanol–water partition coefficient (Wildman–Crippen LogP) is 4.26. The van der Waals surface area contributed by atoms with Crippen molar-refractivity contribution in [3.63, 3.8) is 0 Å². The molecular weight excluding hydrogens is 390 g/mol. The van der Waals surface area contributed by atoms with E-state index in [0.29, 0.717) is 22.7 Å². The molecule has 144 valence electrons. The van der Waals surface area contributed by atoms with E-state index in [1.807, 2.05) is 6.07 Å². The largest absolute Gasteiger partial charge is 0.493 e. The Kier molecular flexibility index (Phi) is 7.82. The number of anilines is 1. The van der Waals surface area contributed by atoms with Gasteiger partial charge in [-0.25, -0.2) is 4.79 Å². The number of nitrogens with one attached hydrogen (secondary N) is 1. The Morgan fingerprint density at radius 2 is 1.81 bits per heavy atom. The molecule has 1 N–H and O–H groups in total. The van der Waals surface area contributed by atoms with E-state index in [1.54, 1.807) is 45.4 Å². The molecule has 0 bridgehead atoms. The summed E-state index contributed by atoms with van der Waals surface area (Å²) in [6, 6.07) is 10.0. The van der Waals surface area contributed by atoms with Gasteiger partial charge in [0, 0.05) is 4.90 Å². The first-order valence-corrected chi connectivity index (χ1v) is 9.46. The highest BCUT2D eigenvalue weighted by Gasteiger charge is 2.12. The Bertz CT molecular complexity index is 828. The van der Waals surface area contributed by atoms with Crippen molar-refractivity contribution in [2.24, 2.45) is 0 Å². The molecule has 0 atom stereocenters. The summed E-state index contributed by atoms with van der Waals surface area (Å²) in [5, 5.41) is 3.00. The molecule has 0 spiro atoms. The highest BCUT2D eigenvalue weighted by atomic mass is 35.5. The maximum atomic E-state index is 12.2. The predicted molar refractivity (Wildman–Crippen MR) is 106 cm³/mol. The van der Waals surface area contributed by atoms with Gasteiger partial charge in [-0.2, -0.15) is 0 Å². The van der Waals surface area contributed by atoms with Gasteiger partial charge in [-0.05, 0) is 43.3 Å². The molecule has 27 heavy (non-hydrogen) atoms. The maximum Gasteiger partial charge on any atom is 0.338 e. The smallest absolute Gasteiger partial charge is 0.338 e. The number of amides is 1. The average Bonchev–Trinajstić information content (AvgIpc) is 2.67. The molecule has 1 amide bonds. The van der Waals surface area contributed by atoms with Crippen molar-refractivity contribution in [2.75, 3.05) is 31.9 Å². The fourth-order valence-corrected chi connectivity index (χ4v) is 3.15. The number of hydrogen-bond donors (Lipinski definition) is 1. The monoisotopic (exact) mass is 409 g/mol. The van der Waals surface area contributed by atoms with Crippen LogP contribution in [0.2, 0.25) is 5.02 Å². The lowest BCUT2D eigenvalue weighted by Gasteiger charge is -2.10. The van der Waals surface area contributed by atoms with Crippen LogP contribution in [0.3, 0.4) is 0 Å². The fourth-order valence-electron chi connectivity index (χ4n) is 2.20. The van der Waals surface area contributed by atoms with E-state index in [0.717, 1.165) is 4.90 Å². The summed E-state index contributed by atoms with van der Waals surface area (Å²) in [4.78, 5) is 24.8. The topological polar surface area (TPSA) is 73.9 Å². The lowest BCUT2D eigenvalue weighted by molar-refractivity contribution is -0.113. The Labute approximate surface area is 167 Å². The molecule has 0 aliphatic carbocycles. The molecule has 2 aromatic carbocycles. The Hall–Kier alpha value is -2.38. The molecular formula is C19H20ClNO5S. The molecule has 6 nitrogen and oxygen atoms in total. The van der Waals surface area contributed by atoms with Crippen molar-refractivity contribution in [1.29, 1.82) is 0 Å². The van der Waals surface area contributed by atoms with Gasteiger partial charge in [-0.15, -0.1) is 11.8 Å². The summed E-state index contributed by atoms with van der Waals surface area (Å²) in [5.74, 6) is 0.730. The van der Waals surface area contributed by atoms with Crippen LogP contribution < -0.4 is 14.8 Å². The lowest BCUT2D eigenvalue weighted by Crippen LogP contribution is -2.14. The summed E-state index contributed by atoms with van der Waals surface area (Å²) in [6.07, 6.45) is 0. The van der Waals surface area contributed by atoms with E-state index in [1.165, 1.54) is 17.8 Å². The zero-order valence-electron chi connectivity index (χ0n) is 15.2. The molecule has 0 unspecified atom stereocenters. The van der Waals surface area contributed by atoms with Gasteiger partial charge in [-0.3, -0.25) is 4.79 Å². The van der Waals surface area contributed by atoms with Crippen LogP contribution in [0.5, 0.6) is 11.5 Å². The molecule has 2 aromatic rings. The SMILES string of the molecule is CCOC(=O)c1ccc(NC(=O)CSc2ccc(OC)c(OC)c2)c(Cl)c1. The highest BCUT2D eigenvalue weighted by molar-refractivity contribution is 8.00. The van der Waals surface area contributed by atoms with Crippen LogP contribution in [0.25, 0.3) is 0 Å². The van der Waals surface area contributed by atoms with Gasteiger partial charge >= 0.3 is 5.97 Å². The number of hydrogen-bond acceptors (Lipinski definition) is 6. The Balaban J connectivity index is 1.97. The minimum Gasteiger partial charge on any atom is -0.493 e. The van der Waals surface area contributed by atoms with Crippen molar-refractivity contribution in [2.45, 2.75) is 11.8 Å². The average molecular weight is 410 g/mol. The van der Waals surface area contributed by atoms with Crippen molar-refractivity contribution < 1.29 is 23.8 Å². The van der Waals surface area contributed by atoms with Crippen molar-refractivity contribution in [3.05, 3.63) is 47.0 Å². The van der Waals surface area contributed by atoms with Crippen LogP contribution >= 0.6 is 23.4 Å². The van der Waals surface area contributed by atoms with Gasteiger partial charge in [0.1, 0.15) is 0 Å². The Morgan fingerprint density at radius 1 is 1.07 bits per heavy atom. The molecule has 0 aromatic heterocycles. The van der Waals surface area contributed by atoms with Crippen molar-refractivity contribution in [1.82, 2.24) is 0 Å². The Morgan fingerprint density at radius 3 is 2.44 bits per heavy atom. The molecule has 0 fully saturated rings. The van der Waals surface area contributed by atoms with Gasteiger partial charge in [-0.1, -0.05) is 11.6 Å². The van der Waals surface area contributed by atoms with Gasteiger partial charge in [0.25, 0.3) is 0 Å². The number of carbonyl (C=O) groups is 2. The summed E-state index contributed by atoms with van der Waals surface area (Å²) in [7, 11) is 3.12. The number of methoxy groups -OCH3 is 2. The third kappa shape index (κ3) is 5.80. The first-order chi connectivity index (χ1) is 13.0. The number of benzene rings is 2. The third-order valence-electron chi connectivity index (χ3n) is 3.48. The second kappa shape index (κ2) is 10.1. The van der Waals surface area contributed by atoms with E-state index in [2.05, 4.69) is 5.32 Å². The zero-order chi connectivity index (χ0) is 19.8. The molecule has 0 radical (unpaired) electrons. The standard InChI is InChI=1S/C19H20ClNO5S/c1-4-26-19(23)12-5-7-15(14(20)9-12)21-18(22)11-27-13-6-8-16(24-2)17(10-13)25-3/h5-10H,4,11H2,1-3H3,(H,21,22). The third-order valence-corrected chi connectivity index (χ3v) is 4.79. The van der Waals surface area contributed by atoms with E-state index < -0.39 is 5.97 Å². The van der Waals surface area contributed by atoms with E-state index in [4.69, 9.17) is 25.8 Å². The number of rotatable bonds is 8. The normalized spacial score (nSPS) is 10.2. The highest BCUT2D eigenvalue weighted by Crippen LogP contribution is 2.32. The van der Waals surface area contributed by atoms with E-state index in [-0.39, 0.29) is 23.3 Å². The quantitative estimate of drug-likeness (QED) is 0.518. The minimum atomic E-state index is -0.457. The van der Waals surface area contributed by atoms with Crippen LogP contribution in [-0.4, -0.2) is 38.5 Å². The zero-order valence-corrected chi connectivity index (χ0v) is 16.8. The van der Waals surface area contributed by atoms with Gasteiger partial charge in [0.2, 0.25) is 5.91 Å². The first-order valence-electron chi connectivity index (χ1n) is 8.09. The summed E-state index contributed by atoms with van der Waals surface area (Å²) < 4.78 is 15.4. The molecule has 2 rings (SSSR count). The van der Waals surface area contributed by atoms with E-state index >= 15 is 0 Å². The van der Waals surface area contributed by atoms with Crippen molar-refractivity contribution >= 4 is 40.9 Å². The molecule has 0 saturated carbocycles. The molecule has 0 aliphatic heterocycles. The number of halogens is 1. The second-order valence-electron chi connectivity index (χ2n) is 5.27. The number of thioether (sulfide) groups is 1. The van der Waals surface area contributed by atoms with Crippen LogP contribution in [-0.2, 0) is 9.53 Å². The summed E-state index contributed by atoms with van der Waals surface area (Å²) in [5.41, 5.74) is 0.766. The second-order valence-corrected chi connectivity index (χ2v) is 6.72. The number of esters is 1. The van der Waals surface area contributed by atoms with Crippen molar-refractivity contribution in [3.8, 4) is 11.5 Å². The fraction of sp³-hybridized carbons (Fsp3) is 0.263. The van der Waals surface area contributed by atoms with Crippen LogP contribution in [0.1, 0.15) is 17.3 Å². The molecule has 0 aliphatic rings. The number of carbonyl (C=O) groups excluding carboxylic acids is 2. The van der Waals surface area contributed by atoms with Crippen LogP contribution in [0.15, 0.2) is 41.3 Å². The molecule has 8 heteroatoms. The van der Waals surface area contributed by atoms with Crippen LogP contribution in [0, 0.1) is 0 Å². The summed E-state index contributed by atoms with van der Waals surface area (Å²) in [6.45, 7) is 2.01. The first kappa shape index (κ1) is 20.9. The van der Waals surface area contributed by atoms with Crippen LogP contribution in [0.4, 0.5) is 5.69 Å². The van der Waals surface area contributed by atoms with Gasteiger partial charge in [0.15, 0.2) is 11.5 Å². The van der Waals surface area contributed by atoms with Gasteiger partial charge < -0.3 is 19.5 Å². The summed E-state index contributed by atoms with van der Waals surface area (Å²) >= 11 is 7.50. The maximum absolute atomic E-state index is 12.2. The molecule has 0 saturated heterocycles. The molecule has 0 heterocycles.